The Balaban J connectivity index is 1.38. The summed E-state index contributed by atoms with van der Waals surface area (Å²) in [5.41, 5.74) is 13.6. The number of aryl methyl sites for hydroxylation is 2. The van der Waals surface area contributed by atoms with Crippen molar-refractivity contribution in [2.24, 2.45) is 0 Å². The molecule has 0 bridgehead atoms. The quantitative estimate of drug-likeness (QED) is 0.243. The Kier molecular flexibility index (Phi) is 4.99. The second kappa shape index (κ2) is 8.72. The van der Waals surface area contributed by atoms with E-state index >= 15 is 0 Å². The molecule has 0 radical (unpaired) electrons. The van der Waals surface area contributed by atoms with Crippen molar-refractivity contribution >= 4 is 43.6 Å². The first kappa shape index (κ1) is 22.9. The molecule has 0 amide bonds. The van der Waals surface area contributed by atoms with E-state index in [9.17, 15) is 0 Å². The summed E-state index contributed by atoms with van der Waals surface area (Å²) in [6, 6.07) is 46.6. The Labute approximate surface area is 233 Å². The van der Waals surface area contributed by atoms with E-state index in [0.29, 0.717) is 0 Å². The molecule has 6 aromatic carbocycles. The molecule has 190 valence electrons. The van der Waals surface area contributed by atoms with Gasteiger partial charge in [0.05, 0.1) is 11.0 Å². The molecular formula is C38H28N2. The lowest BCUT2D eigenvalue weighted by molar-refractivity contribution is 1.18. The molecule has 40 heavy (non-hydrogen) atoms. The Morgan fingerprint density at radius 1 is 0.425 bits per heavy atom. The summed E-state index contributed by atoms with van der Waals surface area (Å²) in [5, 5.41) is 5.06. The van der Waals surface area contributed by atoms with Crippen LogP contribution in [0, 0.1) is 13.8 Å². The monoisotopic (exact) mass is 512 g/mol. The predicted molar refractivity (Wildman–Crippen MR) is 170 cm³/mol. The van der Waals surface area contributed by atoms with Crippen LogP contribution >= 0.6 is 0 Å². The molecule has 2 heteroatoms. The normalized spacial score (nSPS) is 11.8. The lowest BCUT2D eigenvalue weighted by Gasteiger charge is -2.09. The molecule has 2 heterocycles. The fourth-order valence-electron chi connectivity index (χ4n) is 6.19. The van der Waals surface area contributed by atoms with Crippen LogP contribution in [-0.4, -0.2) is 9.55 Å². The molecule has 2 nitrogen and oxygen atoms in total. The zero-order valence-corrected chi connectivity index (χ0v) is 22.6. The third-order valence-corrected chi connectivity index (χ3v) is 8.46. The highest BCUT2D eigenvalue weighted by Crippen LogP contribution is 2.38. The van der Waals surface area contributed by atoms with Crippen molar-refractivity contribution in [2.75, 3.05) is 0 Å². The van der Waals surface area contributed by atoms with E-state index in [-0.39, 0.29) is 0 Å². The number of benzene rings is 6. The van der Waals surface area contributed by atoms with Gasteiger partial charge in [-0.15, -0.1) is 0 Å². The number of H-pyrrole nitrogens is 1. The molecule has 0 atom stereocenters. The Morgan fingerprint density at radius 3 is 1.68 bits per heavy atom. The number of nitrogens with zero attached hydrogens (tertiary/aromatic N) is 1. The fourth-order valence-corrected chi connectivity index (χ4v) is 6.19. The number of hydrogen-bond donors (Lipinski definition) is 1. The van der Waals surface area contributed by atoms with Crippen molar-refractivity contribution in [3.63, 3.8) is 0 Å². The van der Waals surface area contributed by atoms with Gasteiger partial charge in [0.25, 0.3) is 0 Å². The van der Waals surface area contributed by atoms with Crippen LogP contribution in [0.4, 0.5) is 0 Å². The standard InChI is InChI=1S/C38H28N2/c1-24-12-13-26(20-25(24)2)28-15-18-37-33(22-28)34-23-29(16-19-38(34)40(37)30-8-4-3-5-9-30)27-14-17-36-32(21-27)31-10-6-7-11-35(31)39-36/h3-23,39H,1-2H3. The van der Waals surface area contributed by atoms with Crippen LogP contribution in [0.25, 0.3) is 71.6 Å². The van der Waals surface area contributed by atoms with Gasteiger partial charge in [-0.1, -0.05) is 72.8 Å². The minimum atomic E-state index is 1.17. The van der Waals surface area contributed by atoms with E-state index in [1.807, 2.05) is 0 Å². The van der Waals surface area contributed by atoms with E-state index in [4.69, 9.17) is 0 Å². The van der Waals surface area contributed by atoms with Gasteiger partial charge in [0.2, 0.25) is 0 Å². The van der Waals surface area contributed by atoms with Crippen molar-refractivity contribution < 1.29 is 0 Å². The van der Waals surface area contributed by atoms with E-state index in [1.54, 1.807) is 0 Å². The molecule has 0 aliphatic carbocycles. The lowest BCUT2D eigenvalue weighted by atomic mass is 9.98. The Morgan fingerprint density at radius 2 is 0.975 bits per heavy atom. The summed E-state index contributed by atoms with van der Waals surface area (Å²) in [5.74, 6) is 0. The summed E-state index contributed by atoms with van der Waals surface area (Å²) in [6.07, 6.45) is 0. The van der Waals surface area contributed by atoms with Gasteiger partial charge in [-0.05, 0) is 102 Å². The van der Waals surface area contributed by atoms with Crippen LogP contribution in [0.3, 0.4) is 0 Å². The molecular weight excluding hydrogens is 484 g/mol. The van der Waals surface area contributed by atoms with Gasteiger partial charge in [-0.2, -0.15) is 0 Å². The van der Waals surface area contributed by atoms with Crippen molar-refractivity contribution in [1.29, 1.82) is 0 Å². The average molecular weight is 513 g/mol. The van der Waals surface area contributed by atoms with Crippen LogP contribution in [0.5, 0.6) is 0 Å². The molecule has 2 aromatic heterocycles. The van der Waals surface area contributed by atoms with Crippen LogP contribution in [-0.2, 0) is 0 Å². The summed E-state index contributed by atoms with van der Waals surface area (Å²) in [7, 11) is 0. The smallest absolute Gasteiger partial charge is 0.0541 e. The van der Waals surface area contributed by atoms with Gasteiger partial charge in [0.15, 0.2) is 0 Å². The molecule has 1 N–H and O–H groups in total. The minimum absolute atomic E-state index is 1.17. The Bertz CT molecular complexity index is 2230. The number of nitrogens with one attached hydrogen (secondary N) is 1. The van der Waals surface area contributed by atoms with Crippen molar-refractivity contribution in [2.45, 2.75) is 13.8 Å². The number of rotatable bonds is 3. The summed E-state index contributed by atoms with van der Waals surface area (Å²) >= 11 is 0. The van der Waals surface area contributed by atoms with Crippen molar-refractivity contribution in [1.82, 2.24) is 9.55 Å². The number of aromatic amines is 1. The maximum absolute atomic E-state index is 3.56. The highest BCUT2D eigenvalue weighted by Gasteiger charge is 2.15. The summed E-state index contributed by atoms with van der Waals surface area (Å²) < 4.78 is 2.39. The Hall–Kier alpha value is -5.08. The average Bonchev–Trinajstić information content (AvgIpc) is 3.53. The van der Waals surface area contributed by atoms with Crippen molar-refractivity contribution in [3.05, 3.63) is 139 Å². The zero-order chi connectivity index (χ0) is 26.8. The van der Waals surface area contributed by atoms with Gasteiger partial charge in [0, 0.05) is 38.3 Å². The molecule has 8 aromatic rings. The molecule has 0 spiro atoms. The van der Waals surface area contributed by atoms with Crippen LogP contribution in [0.2, 0.25) is 0 Å². The van der Waals surface area contributed by atoms with Crippen LogP contribution in [0.15, 0.2) is 127 Å². The molecule has 0 aliphatic heterocycles. The van der Waals surface area contributed by atoms with E-state index in [1.165, 1.54) is 82.7 Å². The molecule has 0 fully saturated rings. The molecule has 8 rings (SSSR count). The van der Waals surface area contributed by atoms with E-state index in [2.05, 4.69) is 151 Å². The van der Waals surface area contributed by atoms with E-state index in [0.717, 1.165) is 0 Å². The highest BCUT2D eigenvalue weighted by atomic mass is 15.0. The second-order valence-electron chi connectivity index (χ2n) is 10.9. The van der Waals surface area contributed by atoms with Gasteiger partial charge in [-0.25, -0.2) is 0 Å². The number of fused-ring (bicyclic) bond motifs is 6. The zero-order valence-electron chi connectivity index (χ0n) is 22.6. The maximum Gasteiger partial charge on any atom is 0.0541 e. The molecule has 0 saturated carbocycles. The van der Waals surface area contributed by atoms with Gasteiger partial charge < -0.3 is 9.55 Å². The van der Waals surface area contributed by atoms with Gasteiger partial charge >= 0.3 is 0 Å². The topological polar surface area (TPSA) is 20.7 Å². The fraction of sp³-hybridized carbons (Fsp3) is 0.0526. The van der Waals surface area contributed by atoms with Crippen molar-refractivity contribution in [3.8, 4) is 27.9 Å². The first-order valence-corrected chi connectivity index (χ1v) is 13.9. The first-order valence-electron chi connectivity index (χ1n) is 13.9. The highest BCUT2D eigenvalue weighted by molar-refractivity contribution is 6.12. The first-order chi connectivity index (χ1) is 19.6. The number of aromatic nitrogens is 2. The van der Waals surface area contributed by atoms with E-state index < -0.39 is 0 Å². The van der Waals surface area contributed by atoms with Crippen LogP contribution in [0.1, 0.15) is 11.1 Å². The van der Waals surface area contributed by atoms with Crippen LogP contribution < -0.4 is 0 Å². The predicted octanol–water partition coefficient (Wildman–Crippen LogP) is 10.4. The third kappa shape index (κ3) is 3.50. The van der Waals surface area contributed by atoms with Gasteiger partial charge in [-0.3, -0.25) is 0 Å². The largest absolute Gasteiger partial charge is 0.355 e. The molecule has 0 unspecified atom stereocenters. The third-order valence-electron chi connectivity index (χ3n) is 8.46. The maximum atomic E-state index is 3.56. The molecule has 0 saturated heterocycles. The number of para-hydroxylation sites is 2. The molecule has 0 aliphatic rings. The van der Waals surface area contributed by atoms with Gasteiger partial charge in [0.1, 0.15) is 0 Å². The number of hydrogen-bond acceptors (Lipinski definition) is 0. The minimum Gasteiger partial charge on any atom is -0.355 e. The SMILES string of the molecule is Cc1ccc(-c2ccc3c(c2)c2cc(-c4ccc5[nH]c6ccccc6c5c4)ccc2n3-c2ccccc2)cc1C. The second-order valence-corrected chi connectivity index (χ2v) is 10.9. The summed E-state index contributed by atoms with van der Waals surface area (Å²) in [6.45, 7) is 4.36. The lowest BCUT2D eigenvalue weighted by Crippen LogP contribution is -1.93. The summed E-state index contributed by atoms with van der Waals surface area (Å²) in [4.78, 5) is 3.56.